The van der Waals surface area contributed by atoms with E-state index in [1.165, 1.54) is 0 Å². The number of alkyl carbamates (subject to hydrolysis) is 1. The number of hydrogen-bond acceptors (Lipinski definition) is 4. The van der Waals surface area contributed by atoms with Gasteiger partial charge >= 0.3 is 12.1 Å². The number of ether oxygens (including phenoxy) is 2. The molecule has 1 unspecified atom stereocenters. The maximum Gasteiger partial charge on any atom is 0.408 e. The molecule has 5 nitrogen and oxygen atoms in total. The molecule has 5 heteroatoms. The molecule has 124 valence electrons. The summed E-state index contributed by atoms with van der Waals surface area (Å²) in [4.78, 5) is 24.0. The molecule has 0 aliphatic rings. The molecule has 0 fully saturated rings. The van der Waals surface area contributed by atoms with Gasteiger partial charge in [0.25, 0.3) is 0 Å². The molecule has 0 aromatic rings. The van der Waals surface area contributed by atoms with E-state index in [4.69, 9.17) is 9.47 Å². The van der Waals surface area contributed by atoms with E-state index in [0.717, 1.165) is 12.8 Å². The Labute approximate surface area is 128 Å². The molecule has 0 saturated carbocycles. The van der Waals surface area contributed by atoms with Gasteiger partial charge in [-0.1, -0.05) is 27.2 Å². The number of rotatable bonds is 7. The van der Waals surface area contributed by atoms with Crippen LogP contribution in [0.3, 0.4) is 0 Å². The molecule has 0 aliphatic heterocycles. The first-order valence-corrected chi connectivity index (χ1v) is 7.75. The standard InChI is InChI=1S/C16H31NO4/c1-8-9-12(4)20-14(18)13(10-11(2)3)17-15(19)21-16(5,6)7/h11-13H,8-10H2,1-7H3,(H,17,19)/t12-,13?/m0/s1. The molecule has 1 amide bonds. The van der Waals surface area contributed by atoms with Crippen molar-refractivity contribution in [3.05, 3.63) is 0 Å². The molecule has 2 atom stereocenters. The second-order valence-electron chi connectivity index (χ2n) is 6.86. The van der Waals surface area contributed by atoms with E-state index in [-0.39, 0.29) is 12.0 Å². The maximum absolute atomic E-state index is 12.2. The fourth-order valence-corrected chi connectivity index (χ4v) is 1.88. The Balaban J connectivity index is 4.64. The summed E-state index contributed by atoms with van der Waals surface area (Å²) in [5.74, 6) is -0.130. The van der Waals surface area contributed by atoms with Crippen molar-refractivity contribution in [2.75, 3.05) is 0 Å². The van der Waals surface area contributed by atoms with Crippen LogP contribution in [0, 0.1) is 5.92 Å². The van der Waals surface area contributed by atoms with E-state index in [2.05, 4.69) is 5.32 Å². The Hall–Kier alpha value is -1.26. The van der Waals surface area contributed by atoms with Crippen LogP contribution < -0.4 is 5.32 Å². The van der Waals surface area contributed by atoms with E-state index in [1.54, 1.807) is 20.8 Å². The van der Waals surface area contributed by atoms with Gasteiger partial charge in [-0.05, 0) is 46.5 Å². The van der Waals surface area contributed by atoms with Gasteiger partial charge in [0.05, 0.1) is 6.10 Å². The Morgan fingerprint density at radius 3 is 2.14 bits per heavy atom. The van der Waals surface area contributed by atoms with Crippen LogP contribution >= 0.6 is 0 Å². The van der Waals surface area contributed by atoms with Crippen molar-refractivity contribution in [3.63, 3.8) is 0 Å². The van der Waals surface area contributed by atoms with Crippen LogP contribution in [0.4, 0.5) is 4.79 Å². The Kier molecular flexibility index (Phi) is 8.37. The van der Waals surface area contributed by atoms with Crippen molar-refractivity contribution in [2.45, 2.75) is 85.5 Å². The number of carbonyl (C=O) groups is 2. The van der Waals surface area contributed by atoms with Crippen molar-refractivity contribution >= 4 is 12.1 Å². The van der Waals surface area contributed by atoms with Crippen LogP contribution in [0.5, 0.6) is 0 Å². The summed E-state index contributed by atoms with van der Waals surface area (Å²) in [6.45, 7) is 13.2. The number of hydrogen-bond donors (Lipinski definition) is 1. The molecule has 0 saturated heterocycles. The van der Waals surface area contributed by atoms with Crippen molar-refractivity contribution in [2.24, 2.45) is 5.92 Å². The summed E-state index contributed by atoms with van der Waals surface area (Å²) in [6.07, 6.45) is 1.55. The van der Waals surface area contributed by atoms with Gasteiger partial charge in [-0.25, -0.2) is 9.59 Å². The zero-order chi connectivity index (χ0) is 16.6. The minimum absolute atomic E-state index is 0.141. The van der Waals surface area contributed by atoms with E-state index in [0.29, 0.717) is 6.42 Å². The van der Waals surface area contributed by atoms with E-state index >= 15 is 0 Å². The Morgan fingerprint density at radius 1 is 1.14 bits per heavy atom. The predicted molar refractivity (Wildman–Crippen MR) is 83.1 cm³/mol. The highest BCUT2D eigenvalue weighted by molar-refractivity contribution is 5.81. The molecule has 0 spiro atoms. The monoisotopic (exact) mass is 301 g/mol. The molecular weight excluding hydrogens is 270 g/mol. The zero-order valence-corrected chi connectivity index (χ0v) is 14.5. The van der Waals surface area contributed by atoms with E-state index < -0.39 is 23.7 Å². The summed E-state index contributed by atoms with van der Waals surface area (Å²) >= 11 is 0. The summed E-state index contributed by atoms with van der Waals surface area (Å²) in [5.41, 5.74) is -0.591. The van der Waals surface area contributed by atoms with Crippen LogP contribution in [0.25, 0.3) is 0 Å². The van der Waals surface area contributed by atoms with E-state index in [1.807, 2.05) is 27.7 Å². The summed E-state index contributed by atoms with van der Waals surface area (Å²) in [7, 11) is 0. The molecule has 0 radical (unpaired) electrons. The SMILES string of the molecule is CCC[C@H](C)OC(=O)C(CC(C)C)NC(=O)OC(C)(C)C. The van der Waals surface area contributed by atoms with Gasteiger partial charge in [0.2, 0.25) is 0 Å². The van der Waals surface area contributed by atoms with Crippen molar-refractivity contribution < 1.29 is 19.1 Å². The lowest BCUT2D eigenvalue weighted by Crippen LogP contribution is -2.45. The molecule has 0 heterocycles. The lowest BCUT2D eigenvalue weighted by molar-refractivity contribution is -0.151. The molecule has 0 aromatic carbocycles. The van der Waals surface area contributed by atoms with Gasteiger partial charge in [-0.3, -0.25) is 0 Å². The van der Waals surface area contributed by atoms with Gasteiger partial charge in [0, 0.05) is 0 Å². The fourth-order valence-electron chi connectivity index (χ4n) is 1.88. The first-order chi connectivity index (χ1) is 9.55. The highest BCUT2D eigenvalue weighted by Crippen LogP contribution is 2.12. The average Bonchev–Trinajstić information content (AvgIpc) is 2.24. The number of carbonyl (C=O) groups excluding carboxylic acids is 2. The smallest absolute Gasteiger partial charge is 0.408 e. The molecule has 1 N–H and O–H groups in total. The first kappa shape index (κ1) is 19.7. The minimum Gasteiger partial charge on any atom is -0.461 e. The predicted octanol–water partition coefficient (Wildman–Crippen LogP) is 3.66. The largest absolute Gasteiger partial charge is 0.461 e. The van der Waals surface area contributed by atoms with Crippen LogP contribution in [0.2, 0.25) is 0 Å². The summed E-state index contributed by atoms with van der Waals surface area (Å²) in [6, 6.07) is -0.667. The van der Waals surface area contributed by atoms with Crippen molar-refractivity contribution in [1.29, 1.82) is 0 Å². The normalized spacial score (nSPS) is 14.5. The number of esters is 1. The second-order valence-corrected chi connectivity index (χ2v) is 6.86. The average molecular weight is 301 g/mol. The Bertz CT molecular complexity index is 334. The van der Waals surface area contributed by atoms with Gasteiger partial charge in [-0.2, -0.15) is 0 Å². The van der Waals surface area contributed by atoms with Crippen LogP contribution in [0.15, 0.2) is 0 Å². The number of amides is 1. The third-order valence-corrected chi connectivity index (χ3v) is 2.70. The molecule has 21 heavy (non-hydrogen) atoms. The summed E-state index contributed by atoms with van der Waals surface area (Å²) < 4.78 is 10.6. The maximum atomic E-state index is 12.2. The molecule has 0 aliphatic carbocycles. The number of nitrogens with one attached hydrogen (secondary N) is 1. The quantitative estimate of drug-likeness (QED) is 0.729. The summed E-state index contributed by atoms with van der Waals surface area (Å²) in [5, 5.41) is 2.62. The fraction of sp³-hybridized carbons (Fsp3) is 0.875. The van der Waals surface area contributed by atoms with Crippen molar-refractivity contribution in [3.8, 4) is 0 Å². The van der Waals surface area contributed by atoms with Gasteiger partial charge in [0.15, 0.2) is 0 Å². The van der Waals surface area contributed by atoms with Gasteiger partial charge in [-0.15, -0.1) is 0 Å². The topological polar surface area (TPSA) is 64.6 Å². The highest BCUT2D eigenvalue weighted by Gasteiger charge is 2.27. The lowest BCUT2D eigenvalue weighted by atomic mass is 10.0. The molecule has 0 rings (SSSR count). The third kappa shape index (κ3) is 10.2. The Morgan fingerprint density at radius 2 is 1.71 bits per heavy atom. The van der Waals surface area contributed by atoms with Crippen LogP contribution in [-0.2, 0) is 14.3 Å². The zero-order valence-electron chi connectivity index (χ0n) is 14.5. The second kappa shape index (κ2) is 8.90. The molecule has 0 aromatic heterocycles. The minimum atomic E-state index is -0.667. The van der Waals surface area contributed by atoms with Gasteiger partial charge in [0.1, 0.15) is 11.6 Å². The lowest BCUT2D eigenvalue weighted by Gasteiger charge is -2.24. The molecule has 0 bridgehead atoms. The van der Waals surface area contributed by atoms with Gasteiger partial charge < -0.3 is 14.8 Å². The first-order valence-electron chi connectivity index (χ1n) is 7.75. The molecular formula is C16H31NO4. The third-order valence-electron chi connectivity index (χ3n) is 2.70. The van der Waals surface area contributed by atoms with E-state index in [9.17, 15) is 9.59 Å². The van der Waals surface area contributed by atoms with Crippen molar-refractivity contribution in [1.82, 2.24) is 5.32 Å². The van der Waals surface area contributed by atoms with Crippen LogP contribution in [-0.4, -0.2) is 29.8 Å². The van der Waals surface area contributed by atoms with Crippen LogP contribution in [0.1, 0.15) is 67.7 Å². The highest BCUT2D eigenvalue weighted by atomic mass is 16.6.